The Labute approximate surface area is 139 Å². The lowest BCUT2D eigenvalue weighted by Gasteiger charge is -2.22. The van der Waals surface area contributed by atoms with E-state index in [2.05, 4.69) is 37.4 Å². The highest BCUT2D eigenvalue weighted by Crippen LogP contribution is 2.19. The van der Waals surface area contributed by atoms with Crippen LogP contribution in [0.1, 0.15) is 27.6 Å². The number of amides is 1. The van der Waals surface area contributed by atoms with Gasteiger partial charge in [-0.1, -0.05) is 12.1 Å². The van der Waals surface area contributed by atoms with Crippen molar-refractivity contribution in [1.29, 1.82) is 0 Å². The molecular weight excluding hydrogens is 304 g/mol. The van der Waals surface area contributed by atoms with E-state index in [0.29, 0.717) is 18.7 Å². The number of aromatic nitrogens is 4. The zero-order chi connectivity index (χ0) is 16.5. The van der Waals surface area contributed by atoms with Gasteiger partial charge in [-0.2, -0.15) is 5.10 Å². The Morgan fingerprint density at radius 1 is 1.38 bits per heavy atom. The molecule has 0 radical (unpaired) electrons. The van der Waals surface area contributed by atoms with Crippen molar-refractivity contribution in [1.82, 2.24) is 30.4 Å². The lowest BCUT2D eigenvalue weighted by atomic mass is 10.1. The molecule has 1 aliphatic heterocycles. The van der Waals surface area contributed by atoms with Crippen LogP contribution in [0.25, 0.3) is 11.0 Å². The predicted molar refractivity (Wildman–Crippen MR) is 90.8 cm³/mol. The second-order valence-corrected chi connectivity index (χ2v) is 6.22. The summed E-state index contributed by atoms with van der Waals surface area (Å²) < 4.78 is 0. The zero-order valence-electron chi connectivity index (χ0n) is 13.6. The number of nitrogens with zero attached hydrogens (tertiary/aromatic N) is 3. The topological polar surface area (TPSA) is 89.7 Å². The van der Waals surface area contributed by atoms with Crippen molar-refractivity contribution < 1.29 is 4.79 Å². The van der Waals surface area contributed by atoms with Crippen LogP contribution >= 0.6 is 0 Å². The van der Waals surface area contributed by atoms with Crippen molar-refractivity contribution in [2.75, 3.05) is 20.1 Å². The fourth-order valence-electron chi connectivity index (χ4n) is 3.12. The number of carbonyl (C=O) groups excluding carboxylic acids is 1. The first kappa shape index (κ1) is 14.9. The molecule has 1 aliphatic rings. The number of hydrogen-bond donors (Lipinski definition) is 3. The third kappa shape index (κ3) is 2.78. The Morgan fingerprint density at radius 3 is 3.12 bits per heavy atom. The van der Waals surface area contributed by atoms with Gasteiger partial charge in [0.15, 0.2) is 5.69 Å². The van der Waals surface area contributed by atoms with E-state index in [1.165, 1.54) is 0 Å². The minimum atomic E-state index is -0.126. The number of fused-ring (bicyclic) bond motifs is 2. The molecule has 1 amide bonds. The number of benzene rings is 1. The maximum Gasteiger partial charge on any atom is 0.272 e. The lowest BCUT2D eigenvalue weighted by Crippen LogP contribution is -2.30. The fourth-order valence-corrected chi connectivity index (χ4v) is 3.12. The van der Waals surface area contributed by atoms with Crippen LogP contribution < -0.4 is 5.32 Å². The maximum absolute atomic E-state index is 12.4. The average molecular weight is 324 g/mol. The van der Waals surface area contributed by atoms with Crippen LogP contribution in [-0.4, -0.2) is 51.1 Å². The van der Waals surface area contributed by atoms with Gasteiger partial charge in [0.05, 0.1) is 11.0 Å². The van der Waals surface area contributed by atoms with Crippen LogP contribution in [0, 0.1) is 0 Å². The summed E-state index contributed by atoms with van der Waals surface area (Å²) in [6, 6.07) is 7.91. The predicted octanol–water partition coefficient (Wildman–Crippen LogP) is 1.25. The molecule has 4 rings (SSSR count). The molecule has 0 saturated heterocycles. The van der Waals surface area contributed by atoms with E-state index in [4.69, 9.17) is 0 Å². The van der Waals surface area contributed by atoms with Crippen molar-refractivity contribution in [2.24, 2.45) is 0 Å². The molecular formula is C17H20N6O. The Bertz CT molecular complexity index is 847. The van der Waals surface area contributed by atoms with Gasteiger partial charge in [0.25, 0.3) is 5.91 Å². The van der Waals surface area contributed by atoms with Crippen molar-refractivity contribution in [3.63, 3.8) is 0 Å². The van der Waals surface area contributed by atoms with Crippen LogP contribution in [0.5, 0.6) is 0 Å². The summed E-state index contributed by atoms with van der Waals surface area (Å²) in [6.07, 6.45) is 1.57. The molecule has 124 valence electrons. The molecule has 0 saturated carbocycles. The molecule has 0 spiro atoms. The molecule has 1 aromatic carbocycles. The molecule has 0 aliphatic carbocycles. The summed E-state index contributed by atoms with van der Waals surface area (Å²) in [5.41, 5.74) is 4.58. The molecule has 24 heavy (non-hydrogen) atoms. The number of carbonyl (C=O) groups is 1. The standard InChI is InChI=1S/C17H20N6O/c1-23-9-7-12-11(10-23)16(22-21-12)17(24)18-8-6-15-19-13-4-2-3-5-14(13)20-15/h2-5H,6-10H2,1H3,(H,18,24)(H,19,20)(H,21,22). The molecule has 0 unspecified atom stereocenters. The van der Waals surface area contributed by atoms with Crippen molar-refractivity contribution in [3.8, 4) is 0 Å². The van der Waals surface area contributed by atoms with Crippen molar-refractivity contribution in [2.45, 2.75) is 19.4 Å². The number of likely N-dealkylation sites (N-methyl/N-ethyl adjacent to an activating group) is 1. The quantitative estimate of drug-likeness (QED) is 0.674. The van der Waals surface area contributed by atoms with Gasteiger partial charge in [0.2, 0.25) is 0 Å². The van der Waals surface area contributed by atoms with E-state index in [1.807, 2.05) is 24.3 Å². The maximum atomic E-state index is 12.4. The van der Waals surface area contributed by atoms with Crippen LogP contribution in [0.4, 0.5) is 0 Å². The van der Waals surface area contributed by atoms with Crippen LogP contribution in [0.3, 0.4) is 0 Å². The van der Waals surface area contributed by atoms with E-state index in [0.717, 1.165) is 47.6 Å². The van der Waals surface area contributed by atoms with Crippen LogP contribution in [-0.2, 0) is 19.4 Å². The molecule has 3 aromatic rings. The smallest absolute Gasteiger partial charge is 0.272 e. The van der Waals surface area contributed by atoms with E-state index >= 15 is 0 Å². The van der Waals surface area contributed by atoms with E-state index < -0.39 is 0 Å². The normalized spacial score (nSPS) is 14.7. The molecule has 3 N–H and O–H groups in total. The largest absolute Gasteiger partial charge is 0.350 e. The number of rotatable bonds is 4. The molecule has 0 bridgehead atoms. The number of H-pyrrole nitrogens is 2. The van der Waals surface area contributed by atoms with E-state index in [-0.39, 0.29) is 5.91 Å². The Balaban J connectivity index is 1.39. The highest BCUT2D eigenvalue weighted by molar-refractivity contribution is 5.94. The number of hydrogen-bond acceptors (Lipinski definition) is 4. The minimum absolute atomic E-state index is 0.126. The summed E-state index contributed by atoms with van der Waals surface area (Å²) in [5.74, 6) is 0.749. The van der Waals surface area contributed by atoms with Gasteiger partial charge in [-0.25, -0.2) is 4.98 Å². The highest BCUT2D eigenvalue weighted by atomic mass is 16.1. The molecule has 3 heterocycles. The first-order valence-corrected chi connectivity index (χ1v) is 8.17. The minimum Gasteiger partial charge on any atom is -0.350 e. The van der Waals surface area contributed by atoms with Gasteiger partial charge in [0.1, 0.15) is 5.82 Å². The summed E-state index contributed by atoms with van der Waals surface area (Å²) >= 11 is 0. The number of imidazole rings is 1. The van der Waals surface area contributed by atoms with E-state index in [9.17, 15) is 4.79 Å². The number of nitrogens with one attached hydrogen (secondary N) is 3. The monoisotopic (exact) mass is 324 g/mol. The van der Waals surface area contributed by atoms with Crippen molar-refractivity contribution >= 4 is 16.9 Å². The van der Waals surface area contributed by atoms with Gasteiger partial charge in [-0.05, 0) is 19.2 Å². The lowest BCUT2D eigenvalue weighted by molar-refractivity contribution is 0.0947. The SMILES string of the molecule is CN1CCc2[nH]nc(C(=O)NCCc3nc4ccccc4[nH]3)c2C1. The van der Waals surface area contributed by atoms with E-state index in [1.54, 1.807) is 0 Å². The number of para-hydroxylation sites is 2. The second-order valence-electron chi connectivity index (χ2n) is 6.22. The Hall–Kier alpha value is -2.67. The first-order valence-electron chi connectivity index (χ1n) is 8.17. The van der Waals surface area contributed by atoms with Gasteiger partial charge in [0, 0.05) is 43.7 Å². The molecule has 2 aromatic heterocycles. The van der Waals surface area contributed by atoms with Gasteiger partial charge < -0.3 is 15.2 Å². The summed E-state index contributed by atoms with van der Waals surface area (Å²) in [6.45, 7) is 2.27. The molecule has 7 heteroatoms. The fraction of sp³-hybridized carbons (Fsp3) is 0.353. The molecule has 7 nitrogen and oxygen atoms in total. The first-order chi connectivity index (χ1) is 11.7. The summed E-state index contributed by atoms with van der Waals surface area (Å²) in [5, 5.41) is 10.1. The second kappa shape index (κ2) is 6.09. The van der Waals surface area contributed by atoms with Gasteiger partial charge in [-0.15, -0.1) is 0 Å². The number of aromatic amines is 2. The Kier molecular flexibility index (Phi) is 3.78. The average Bonchev–Trinajstić information content (AvgIpc) is 3.17. The van der Waals surface area contributed by atoms with Crippen LogP contribution in [0.15, 0.2) is 24.3 Å². The summed E-state index contributed by atoms with van der Waals surface area (Å²) in [4.78, 5) is 22.4. The van der Waals surface area contributed by atoms with Gasteiger partial charge >= 0.3 is 0 Å². The summed E-state index contributed by atoms with van der Waals surface area (Å²) in [7, 11) is 2.05. The Morgan fingerprint density at radius 2 is 2.25 bits per heavy atom. The van der Waals surface area contributed by atoms with Gasteiger partial charge in [-0.3, -0.25) is 9.89 Å². The molecule has 0 atom stereocenters. The zero-order valence-corrected chi connectivity index (χ0v) is 13.6. The molecule has 0 fully saturated rings. The highest BCUT2D eigenvalue weighted by Gasteiger charge is 2.23. The van der Waals surface area contributed by atoms with Crippen LogP contribution in [0.2, 0.25) is 0 Å². The third-order valence-electron chi connectivity index (χ3n) is 4.43. The van der Waals surface area contributed by atoms with Crippen molar-refractivity contribution in [3.05, 3.63) is 47.0 Å². The third-order valence-corrected chi connectivity index (χ3v) is 4.43.